The van der Waals surface area contributed by atoms with Crippen LogP contribution in [0, 0.1) is 0 Å². The van der Waals surface area contributed by atoms with Crippen molar-refractivity contribution in [2.45, 2.75) is 30.0 Å². The maximum absolute atomic E-state index is 12.1. The highest BCUT2D eigenvalue weighted by Gasteiger charge is 2.16. The molecule has 0 saturated carbocycles. The van der Waals surface area contributed by atoms with Crippen LogP contribution in [0.25, 0.3) is 0 Å². The third kappa shape index (κ3) is 4.28. The molecule has 4 nitrogen and oxygen atoms in total. The van der Waals surface area contributed by atoms with Crippen LogP contribution in [0.1, 0.15) is 18.9 Å². The van der Waals surface area contributed by atoms with Crippen LogP contribution in [0.4, 0.5) is 0 Å². The van der Waals surface area contributed by atoms with Crippen LogP contribution in [0.15, 0.2) is 29.2 Å². The molecule has 1 atom stereocenters. The minimum absolute atomic E-state index is 0.221. The molecule has 0 aromatic heterocycles. The highest BCUT2D eigenvalue weighted by atomic mass is 32.2. The molecule has 0 aliphatic rings. The quantitative estimate of drug-likeness (QED) is 0.799. The topological polar surface area (TPSA) is 72.2 Å². The molecule has 0 aliphatic carbocycles. The lowest BCUT2D eigenvalue weighted by atomic mass is 10.2. The van der Waals surface area contributed by atoms with E-state index in [9.17, 15) is 8.42 Å². The van der Waals surface area contributed by atoms with Gasteiger partial charge in [0, 0.05) is 18.3 Å². The summed E-state index contributed by atoms with van der Waals surface area (Å²) in [6.45, 7) is 2.74. The first-order valence-corrected chi connectivity index (χ1v) is 8.58. The summed E-state index contributed by atoms with van der Waals surface area (Å²) in [5, 5.41) is 0.442. The summed E-state index contributed by atoms with van der Waals surface area (Å²) in [6.07, 6.45) is 2.83. The molecule has 6 heteroatoms. The molecule has 1 rings (SSSR count). The van der Waals surface area contributed by atoms with Crippen LogP contribution in [0.2, 0.25) is 0 Å². The van der Waals surface area contributed by atoms with Crippen LogP contribution in [-0.4, -0.2) is 26.5 Å². The van der Waals surface area contributed by atoms with Gasteiger partial charge in [-0.3, -0.25) is 0 Å². The second-order valence-electron chi connectivity index (χ2n) is 4.04. The second kappa shape index (κ2) is 7.13. The van der Waals surface area contributed by atoms with Gasteiger partial charge >= 0.3 is 0 Å². The molecule has 0 fully saturated rings. The number of benzene rings is 1. The summed E-state index contributed by atoms with van der Waals surface area (Å²) in [7, 11) is -3.45. The highest BCUT2D eigenvalue weighted by Crippen LogP contribution is 2.15. The summed E-state index contributed by atoms with van der Waals surface area (Å²) in [5.41, 5.74) is 6.19. The number of hydrogen-bond donors (Lipinski definition) is 2. The Morgan fingerprint density at radius 1 is 1.39 bits per heavy atom. The Morgan fingerprint density at radius 2 is 2.06 bits per heavy atom. The SMILES string of the molecule is CSC(C)CCNS(=O)(=O)c1ccccc1CN. The Morgan fingerprint density at radius 3 is 2.67 bits per heavy atom. The van der Waals surface area contributed by atoms with Gasteiger partial charge in [-0.15, -0.1) is 0 Å². The zero-order valence-electron chi connectivity index (χ0n) is 10.7. The van der Waals surface area contributed by atoms with E-state index in [2.05, 4.69) is 11.6 Å². The Bertz CT molecular complexity index is 475. The average molecular weight is 288 g/mol. The Balaban J connectivity index is 2.74. The number of thioether (sulfide) groups is 1. The molecule has 0 bridgehead atoms. The van der Waals surface area contributed by atoms with Crippen LogP contribution in [0.5, 0.6) is 0 Å². The van der Waals surface area contributed by atoms with E-state index in [0.29, 0.717) is 17.4 Å². The zero-order valence-corrected chi connectivity index (χ0v) is 12.4. The van der Waals surface area contributed by atoms with Crippen molar-refractivity contribution in [3.05, 3.63) is 29.8 Å². The zero-order chi connectivity index (χ0) is 13.6. The van der Waals surface area contributed by atoms with Crippen molar-refractivity contribution in [1.29, 1.82) is 0 Å². The lowest BCUT2D eigenvalue weighted by Crippen LogP contribution is -2.27. The van der Waals surface area contributed by atoms with Gasteiger partial charge in [-0.2, -0.15) is 11.8 Å². The largest absolute Gasteiger partial charge is 0.326 e. The first kappa shape index (κ1) is 15.5. The van der Waals surface area contributed by atoms with Gasteiger partial charge in [0.2, 0.25) is 10.0 Å². The second-order valence-corrected chi connectivity index (χ2v) is 7.06. The first-order valence-electron chi connectivity index (χ1n) is 5.81. The van der Waals surface area contributed by atoms with E-state index in [0.717, 1.165) is 6.42 Å². The molecule has 1 aromatic carbocycles. The van der Waals surface area contributed by atoms with Crippen molar-refractivity contribution in [3.8, 4) is 0 Å². The Hall–Kier alpha value is -0.560. The smallest absolute Gasteiger partial charge is 0.240 e. The molecule has 0 aliphatic heterocycles. The van der Waals surface area contributed by atoms with Crippen molar-refractivity contribution in [2.75, 3.05) is 12.8 Å². The minimum atomic E-state index is -3.45. The van der Waals surface area contributed by atoms with Crippen LogP contribution in [0.3, 0.4) is 0 Å². The fraction of sp³-hybridized carbons (Fsp3) is 0.500. The number of nitrogens with two attached hydrogens (primary N) is 1. The molecule has 0 radical (unpaired) electrons. The molecule has 18 heavy (non-hydrogen) atoms. The third-order valence-corrected chi connectivity index (χ3v) is 5.33. The molecular formula is C12H20N2O2S2. The van der Waals surface area contributed by atoms with Gasteiger partial charge in [-0.1, -0.05) is 25.1 Å². The highest BCUT2D eigenvalue weighted by molar-refractivity contribution is 7.99. The van der Waals surface area contributed by atoms with Gasteiger partial charge in [0.05, 0.1) is 4.90 Å². The van der Waals surface area contributed by atoms with Gasteiger partial charge in [-0.05, 0) is 24.3 Å². The number of nitrogens with one attached hydrogen (secondary N) is 1. The van der Waals surface area contributed by atoms with E-state index < -0.39 is 10.0 Å². The number of sulfonamides is 1. The molecular weight excluding hydrogens is 268 g/mol. The van der Waals surface area contributed by atoms with Crippen LogP contribution < -0.4 is 10.5 Å². The van der Waals surface area contributed by atoms with E-state index in [1.807, 2.05) is 6.26 Å². The summed E-state index contributed by atoms with van der Waals surface area (Å²) in [5.74, 6) is 0. The molecule has 0 amide bonds. The van der Waals surface area contributed by atoms with Gasteiger partial charge in [0.1, 0.15) is 0 Å². The fourth-order valence-electron chi connectivity index (χ4n) is 1.53. The molecule has 0 heterocycles. The average Bonchev–Trinajstić information content (AvgIpc) is 2.38. The van der Waals surface area contributed by atoms with Crippen molar-refractivity contribution < 1.29 is 8.42 Å². The summed E-state index contributed by atoms with van der Waals surface area (Å²) >= 11 is 1.72. The first-order chi connectivity index (χ1) is 8.51. The molecule has 3 N–H and O–H groups in total. The summed E-state index contributed by atoms with van der Waals surface area (Å²) < 4.78 is 26.8. The van der Waals surface area contributed by atoms with Gasteiger partial charge in [0.15, 0.2) is 0 Å². The lowest BCUT2D eigenvalue weighted by Gasteiger charge is -2.12. The van der Waals surface area contributed by atoms with E-state index in [1.165, 1.54) is 0 Å². The van der Waals surface area contributed by atoms with E-state index in [-0.39, 0.29) is 11.4 Å². The summed E-state index contributed by atoms with van der Waals surface area (Å²) in [4.78, 5) is 0.282. The lowest BCUT2D eigenvalue weighted by molar-refractivity contribution is 0.578. The molecule has 1 unspecified atom stereocenters. The number of rotatable bonds is 7. The predicted octanol–water partition coefficient (Wildman–Crippen LogP) is 1.57. The maximum atomic E-state index is 12.1. The number of hydrogen-bond acceptors (Lipinski definition) is 4. The Kier molecular flexibility index (Phi) is 6.14. The summed E-state index contributed by atoms with van der Waals surface area (Å²) in [6, 6.07) is 6.82. The van der Waals surface area contributed by atoms with E-state index in [1.54, 1.807) is 36.0 Å². The fourth-order valence-corrected chi connectivity index (χ4v) is 3.18. The molecule has 0 saturated heterocycles. The van der Waals surface area contributed by atoms with Crippen LogP contribution >= 0.6 is 11.8 Å². The molecule has 102 valence electrons. The van der Waals surface area contributed by atoms with Crippen molar-refractivity contribution in [2.24, 2.45) is 5.73 Å². The molecule has 0 spiro atoms. The third-order valence-electron chi connectivity index (χ3n) is 2.73. The normalized spacial score (nSPS) is 13.5. The van der Waals surface area contributed by atoms with E-state index in [4.69, 9.17) is 5.73 Å². The minimum Gasteiger partial charge on any atom is -0.326 e. The van der Waals surface area contributed by atoms with E-state index >= 15 is 0 Å². The standard InChI is InChI=1S/C12H20N2O2S2/c1-10(17-2)7-8-14-18(15,16)12-6-4-3-5-11(12)9-13/h3-6,10,14H,7-9,13H2,1-2H3. The van der Waals surface area contributed by atoms with Gasteiger partial charge < -0.3 is 5.73 Å². The van der Waals surface area contributed by atoms with Crippen LogP contribution in [-0.2, 0) is 16.6 Å². The van der Waals surface area contributed by atoms with Gasteiger partial charge in [0.25, 0.3) is 0 Å². The van der Waals surface area contributed by atoms with Crippen molar-refractivity contribution >= 4 is 21.8 Å². The Labute approximate surface area is 113 Å². The van der Waals surface area contributed by atoms with Crippen molar-refractivity contribution in [3.63, 3.8) is 0 Å². The van der Waals surface area contributed by atoms with Crippen molar-refractivity contribution in [1.82, 2.24) is 4.72 Å². The predicted molar refractivity (Wildman–Crippen MR) is 77.1 cm³/mol. The van der Waals surface area contributed by atoms with Gasteiger partial charge in [-0.25, -0.2) is 13.1 Å². The monoisotopic (exact) mass is 288 g/mol. The molecule has 1 aromatic rings. The maximum Gasteiger partial charge on any atom is 0.240 e.